The molecule has 0 aliphatic heterocycles. The largest absolute Gasteiger partial charge is 0.479 e. The molecule has 0 fully saturated rings. The van der Waals surface area contributed by atoms with E-state index in [2.05, 4.69) is 5.10 Å². The predicted molar refractivity (Wildman–Crippen MR) is 50.2 cm³/mol. The molecule has 1 N–H and O–H groups in total. The Morgan fingerprint density at radius 1 is 1.79 bits per heavy atom. The van der Waals surface area contributed by atoms with Crippen molar-refractivity contribution < 1.29 is 14.6 Å². The molecular weight excluding hydrogens is 184 g/mol. The molecule has 14 heavy (non-hydrogen) atoms. The number of carboxylic acids is 1. The molecule has 0 spiro atoms. The topological polar surface area (TPSA) is 64.3 Å². The molecule has 1 heterocycles. The van der Waals surface area contributed by atoms with Crippen LogP contribution in [-0.2, 0) is 11.3 Å². The van der Waals surface area contributed by atoms with Crippen molar-refractivity contribution in [1.29, 1.82) is 0 Å². The highest BCUT2D eigenvalue weighted by Gasteiger charge is 2.13. The lowest BCUT2D eigenvalue weighted by molar-refractivity contribution is -0.144. The summed E-state index contributed by atoms with van der Waals surface area (Å²) in [5.74, 6) is -0.485. The van der Waals surface area contributed by atoms with E-state index in [9.17, 15) is 4.79 Å². The molecule has 0 bridgehead atoms. The number of aliphatic carboxylic acids is 1. The van der Waals surface area contributed by atoms with Gasteiger partial charge in [0, 0.05) is 6.54 Å². The maximum Gasteiger partial charge on any atom is 0.344 e. The molecule has 0 aliphatic carbocycles. The van der Waals surface area contributed by atoms with Gasteiger partial charge in [0.2, 0.25) is 0 Å². The van der Waals surface area contributed by atoms with Crippen molar-refractivity contribution in [2.24, 2.45) is 0 Å². The van der Waals surface area contributed by atoms with Crippen LogP contribution in [0.5, 0.6) is 5.75 Å². The minimum Gasteiger partial charge on any atom is -0.479 e. The fourth-order valence-electron chi connectivity index (χ4n) is 1.01. The lowest BCUT2D eigenvalue weighted by Gasteiger charge is -2.06. The third kappa shape index (κ3) is 2.76. The van der Waals surface area contributed by atoms with Crippen LogP contribution in [0.3, 0.4) is 0 Å². The predicted octanol–water partition coefficient (Wildman–Crippen LogP) is 1.15. The van der Waals surface area contributed by atoms with Crippen LogP contribution in [0.15, 0.2) is 12.4 Å². The van der Waals surface area contributed by atoms with Gasteiger partial charge in [-0.2, -0.15) is 5.10 Å². The Hall–Kier alpha value is -1.52. The van der Waals surface area contributed by atoms with Gasteiger partial charge in [0.05, 0.1) is 12.4 Å². The van der Waals surface area contributed by atoms with Crippen molar-refractivity contribution >= 4 is 5.97 Å². The second-order valence-electron chi connectivity index (χ2n) is 3.04. The number of carboxylic acid groups (broad SMARTS) is 1. The standard InChI is InChI=1S/C9H14N2O3/c1-3-4-11-6-8(5-10-11)14-7(2)9(12)13/h5-7H,3-4H2,1-2H3,(H,12,13). The van der Waals surface area contributed by atoms with Gasteiger partial charge in [-0.15, -0.1) is 0 Å². The van der Waals surface area contributed by atoms with E-state index in [-0.39, 0.29) is 0 Å². The summed E-state index contributed by atoms with van der Waals surface area (Å²) in [6.07, 6.45) is 3.36. The van der Waals surface area contributed by atoms with Gasteiger partial charge in [0.1, 0.15) is 0 Å². The summed E-state index contributed by atoms with van der Waals surface area (Å²) in [4.78, 5) is 10.5. The van der Waals surface area contributed by atoms with Gasteiger partial charge in [-0.05, 0) is 13.3 Å². The molecule has 1 unspecified atom stereocenters. The Labute approximate surface area is 82.3 Å². The molecule has 1 aromatic rings. The maximum absolute atomic E-state index is 10.5. The first-order chi connectivity index (χ1) is 6.63. The van der Waals surface area contributed by atoms with Gasteiger partial charge < -0.3 is 9.84 Å². The Balaban J connectivity index is 2.55. The Bertz CT molecular complexity index is 309. The van der Waals surface area contributed by atoms with Crippen molar-refractivity contribution in [2.45, 2.75) is 32.9 Å². The normalized spacial score (nSPS) is 12.4. The summed E-state index contributed by atoms with van der Waals surface area (Å²) in [5.41, 5.74) is 0. The molecule has 0 aromatic carbocycles. The monoisotopic (exact) mass is 198 g/mol. The molecule has 78 valence electrons. The first-order valence-electron chi connectivity index (χ1n) is 4.55. The molecule has 5 heteroatoms. The first kappa shape index (κ1) is 10.6. The zero-order valence-corrected chi connectivity index (χ0v) is 8.30. The van der Waals surface area contributed by atoms with Crippen molar-refractivity contribution in [3.63, 3.8) is 0 Å². The van der Waals surface area contributed by atoms with Crippen molar-refractivity contribution in [2.75, 3.05) is 0 Å². The number of ether oxygens (including phenoxy) is 1. The van der Waals surface area contributed by atoms with E-state index < -0.39 is 12.1 Å². The molecule has 0 saturated carbocycles. The molecular formula is C9H14N2O3. The smallest absolute Gasteiger partial charge is 0.344 e. The third-order valence-corrected chi connectivity index (χ3v) is 1.72. The zero-order chi connectivity index (χ0) is 10.6. The first-order valence-corrected chi connectivity index (χ1v) is 4.55. The van der Waals surface area contributed by atoms with Crippen LogP contribution in [0.25, 0.3) is 0 Å². The number of aryl methyl sites for hydroxylation is 1. The van der Waals surface area contributed by atoms with Gasteiger partial charge >= 0.3 is 5.97 Å². The number of nitrogens with zero attached hydrogens (tertiary/aromatic N) is 2. The van der Waals surface area contributed by atoms with E-state index in [1.165, 1.54) is 13.1 Å². The second kappa shape index (κ2) is 4.64. The minimum atomic E-state index is -0.978. The number of rotatable bonds is 5. The molecule has 5 nitrogen and oxygen atoms in total. The van der Waals surface area contributed by atoms with E-state index in [1.54, 1.807) is 10.9 Å². The fourth-order valence-corrected chi connectivity index (χ4v) is 1.01. The highest BCUT2D eigenvalue weighted by molar-refractivity contribution is 5.72. The average molecular weight is 198 g/mol. The Morgan fingerprint density at radius 3 is 3.07 bits per heavy atom. The van der Waals surface area contributed by atoms with Crippen LogP contribution in [0, 0.1) is 0 Å². The quantitative estimate of drug-likeness (QED) is 0.770. The molecule has 0 saturated heterocycles. The van der Waals surface area contributed by atoms with E-state index >= 15 is 0 Å². The third-order valence-electron chi connectivity index (χ3n) is 1.72. The number of hydrogen-bond acceptors (Lipinski definition) is 3. The molecule has 1 aromatic heterocycles. The molecule has 0 aliphatic rings. The summed E-state index contributed by atoms with van der Waals surface area (Å²) < 4.78 is 6.85. The second-order valence-corrected chi connectivity index (χ2v) is 3.04. The van der Waals surface area contributed by atoms with Crippen molar-refractivity contribution in [1.82, 2.24) is 9.78 Å². The van der Waals surface area contributed by atoms with Crippen LogP contribution in [0.2, 0.25) is 0 Å². The summed E-state index contributed by atoms with van der Waals surface area (Å²) in [6.45, 7) is 4.34. The summed E-state index contributed by atoms with van der Waals surface area (Å²) in [5, 5.41) is 12.6. The molecule has 0 radical (unpaired) electrons. The van der Waals surface area contributed by atoms with E-state index in [4.69, 9.17) is 9.84 Å². The van der Waals surface area contributed by atoms with Gasteiger partial charge in [0.15, 0.2) is 11.9 Å². The minimum absolute atomic E-state index is 0.494. The van der Waals surface area contributed by atoms with Crippen molar-refractivity contribution in [3.8, 4) is 5.75 Å². The average Bonchev–Trinajstić information content (AvgIpc) is 2.53. The maximum atomic E-state index is 10.5. The van der Waals surface area contributed by atoms with E-state index in [0.717, 1.165) is 13.0 Å². The lowest BCUT2D eigenvalue weighted by Crippen LogP contribution is -2.22. The zero-order valence-electron chi connectivity index (χ0n) is 8.30. The van der Waals surface area contributed by atoms with Gasteiger partial charge in [-0.1, -0.05) is 6.92 Å². The molecule has 0 amide bonds. The van der Waals surface area contributed by atoms with Crippen LogP contribution < -0.4 is 4.74 Å². The number of carbonyl (C=O) groups is 1. The lowest BCUT2D eigenvalue weighted by atomic mass is 10.4. The summed E-state index contributed by atoms with van der Waals surface area (Å²) in [6, 6.07) is 0. The van der Waals surface area contributed by atoms with E-state index in [0.29, 0.717) is 5.75 Å². The van der Waals surface area contributed by atoms with Crippen molar-refractivity contribution in [3.05, 3.63) is 12.4 Å². The fraction of sp³-hybridized carbons (Fsp3) is 0.556. The number of aromatic nitrogens is 2. The summed E-state index contributed by atoms with van der Waals surface area (Å²) >= 11 is 0. The Morgan fingerprint density at radius 2 is 2.50 bits per heavy atom. The van der Waals surface area contributed by atoms with Gasteiger partial charge in [-0.25, -0.2) is 4.79 Å². The molecule has 1 atom stereocenters. The SMILES string of the molecule is CCCn1cc(OC(C)C(=O)O)cn1. The highest BCUT2D eigenvalue weighted by atomic mass is 16.5. The van der Waals surface area contributed by atoms with E-state index in [1.807, 2.05) is 6.92 Å². The van der Waals surface area contributed by atoms with Crippen LogP contribution >= 0.6 is 0 Å². The van der Waals surface area contributed by atoms with Crippen LogP contribution in [0.4, 0.5) is 0 Å². The molecule has 1 rings (SSSR count). The van der Waals surface area contributed by atoms with Gasteiger partial charge in [-0.3, -0.25) is 4.68 Å². The van der Waals surface area contributed by atoms with Crippen LogP contribution in [-0.4, -0.2) is 27.0 Å². The number of hydrogen-bond donors (Lipinski definition) is 1. The highest BCUT2D eigenvalue weighted by Crippen LogP contribution is 2.10. The van der Waals surface area contributed by atoms with Gasteiger partial charge in [0.25, 0.3) is 0 Å². The van der Waals surface area contributed by atoms with Crippen LogP contribution in [0.1, 0.15) is 20.3 Å². The summed E-state index contributed by atoms with van der Waals surface area (Å²) in [7, 11) is 0. The Kier molecular flexibility index (Phi) is 3.50.